The molecule has 0 fully saturated rings. The van der Waals surface area contributed by atoms with Crippen LogP contribution in [0.4, 0.5) is 11.5 Å². The lowest BCUT2D eigenvalue weighted by atomic mass is 10.1. The largest absolute Gasteiger partial charge is 0.466 e. The van der Waals surface area contributed by atoms with Gasteiger partial charge in [-0.2, -0.15) is 0 Å². The fraction of sp³-hybridized carbons (Fsp3) is 0.263. The molecule has 0 saturated carbocycles. The smallest absolute Gasteiger partial charge is 0.307 e. The molecule has 0 radical (unpaired) electrons. The Morgan fingerprint density at radius 3 is 2.41 bits per heavy atom. The van der Waals surface area contributed by atoms with Crippen molar-refractivity contribution in [3.63, 3.8) is 0 Å². The number of carbonyl (C=O) groups is 3. The number of hydrogen-bond acceptors (Lipinski definition) is 8. The first kappa shape index (κ1) is 19.9. The average molecular weight is 398 g/mol. The molecule has 0 saturated heterocycles. The Morgan fingerprint density at radius 2 is 1.83 bits per heavy atom. The van der Waals surface area contributed by atoms with Crippen LogP contribution in [0, 0.1) is 10.1 Å². The second-order valence-corrected chi connectivity index (χ2v) is 6.22. The van der Waals surface area contributed by atoms with E-state index in [0.29, 0.717) is 29.9 Å². The number of imide groups is 1. The van der Waals surface area contributed by atoms with Crippen LogP contribution < -0.4 is 5.32 Å². The molecule has 2 heterocycles. The highest BCUT2D eigenvalue weighted by molar-refractivity contribution is 6.21. The predicted octanol–water partition coefficient (Wildman–Crippen LogP) is 2.02. The molecule has 1 N–H and O–H groups in total. The number of fused-ring (bicyclic) bond motifs is 1. The van der Waals surface area contributed by atoms with E-state index in [1.165, 1.54) is 12.1 Å². The van der Waals surface area contributed by atoms with E-state index in [1.807, 2.05) is 0 Å². The fourth-order valence-electron chi connectivity index (χ4n) is 2.79. The second-order valence-electron chi connectivity index (χ2n) is 6.22. The van der Waals surface area contributed by atoms with Crippen LogP contribution in [0.2, 0.25) is 0 Å². The zero-order valence-corrected chi connectivity index (χ0v) is 15.4. The number of rotatable bonds is 9. The minimum Gasteiger partial charge on any atom is -0.466 e. The zero-order valence-electron chi connectivity index (χ0n) is 15.4. The molecular weight excluding hydrogens is 380 g/mol. The maximum absolute atomic E-state index is 12.2. The highest BCUT2D eigenvalue weighted by Crippen LogP contribution is 2.22. The summed E-state index contributed by atoms with van der Waals surface area (Å²) in [5.41, 5.74) is 0.594. The summed E-state index contributed by atoms with van der Waals surface area (Å²) < 4.78 is 5.10. The van der Waals surface area contributed by atoms with Gasteiger partial charge >= 0.3 is 5.97 Å². The molecule has 0 aliphatic carbocycles. The summed E-state index contributed by atoms with van der Waals surface area (Å²) in [5.74, 6) is -0.834. The summed E-state index contributed by atoms with van der Waals surface area (Å²) in [6.07, 6.45) is 1.57. The van der Waals surface area contributed by atoms with Crippen LogP contribution in [-0.2, 0) is 9.53 Å². The van der Waals surface area contributed by atoms with Gasteiger partial charge in [0.1, 0.15) is 12.0 Å². The number of esters is 1. The maximum Gasteiger partial charge on any atom is 0.307 e. The van der Waals surface area contributed by atoms with Gasteiger partial charge in [0.15, 0.2) is 0 Å². The van der Waals surface area contributed by atoms with Gasteiger partial charge in [-0.3, -0.25) is 29.4 Å². The Morgan fingerprint density at radius 1 is 1.14 bits per heavy atom. The van der Waals surface area contributed by atoms with Crippen LogP contribution in [-0.4, -0.2) is 52.3 Å². The van der Waals surface area contributed by atoms with E-state index in [9.17, 15) is 24.5 Å². The Balaban J connectivity index is 1.34. The standard InChI is InChI=1S/C19H18N4O6/c24-17(8-10-22-18(25)14-4-1-2-5-15(14)19(22)26)29-11-3-9-20-16-7-6-13(12-21-16)23(27)28/h1-2,4-7,12H,3,8-11H2,(H,20,21). The van der Waals surface area contributed by atoms with Crippen molar-refractivity contribution in [1.29, 1.82) is 0 Å². The molecule has 29 heavy (non-hydrogen) atoms. The fourth-order valence-corrected chi connectivity index (χ4v) is 2.79. The average Bonchev–Trinajstić information content (AvgIpc) is 2.97. The van der Waals surface area contributed by atoms with Crippen molar-refractivity contribution in [2.24, 2.45) is 0 Å². The molecule has 1 aliphatic heterocycles. The lowest BCUT2D eigenvalue weighted by molar-refractivity contribution is -0.385. The van der Waals surface area contributed by atoms with Crippen LogP contribution in [0.1, 0.15) is 33.6 Å². The summed E-state index contributed by atoms with van der Waals surface area (Å²) in [6.45, 7) is 0.577. The van der Waals surface area contributed by atoms with Crippen molar-refractivity contribution in [3.8, 4) is 0 Å². The molecule has 150 valence electrons. The second kappa shape index (κ2) is 8.91. The van der Waals surface area contributed by atoms with E-state index in [2.05, 4.69) is 10.3 Å². The van der Waals surface area contributed by atoms with Gasteiger partial charge in [0, 0.05) is 19.2 Å². The molecule has 10 nitrogen and oxygen atoms in total. The van der Waals surface area contributed by atoms with Gasteiger partial charge in [-0.05, 0) is 24.6 Å². The van der Waals surface area contributed by atoms with Crippen LogP contribution in [0.15, 0.2) is 42.6 Å². The van der Waals surface area contributed by atoms with Crippen LogP contribution in [0.25, 0.3) is 0 Å². The highest BCUT2D eigenvalue weighted by atomic mass is 16.6. The van der Waals surface area contributed by atoms with Gasteiger partial charge in [-0.15, -0.1) is 0 Å². The normalized spacial score (nSPS) is 12.6. The number of nitrogens with zero attached hydrogens (tertiary/aromatic N) is 3. The minimum absolute atomic E-state index is 0.0316. The zero-order chi connectivity index (χ0) is 20.8. The first-order valence-electron chi connectivity index (χ1n) is 8.92. The molecule has 10 heteroatoms. The van der Waals surface area contributed by atoms with E-state index < -0.39 is 22.7 Å². The van der Waals surface area contributed by atoms with Crippen LogP contribution >= 0.6 is 0 Å². The minimum atomic E-state index is -0.530. The van der Waals surface area contributed by atoms with E-state index in [1.54, 1.807) is 24.3 Å². The van der Waals surface area contributed by atoms with Crippen LogP contribution in [0.5, 0.6) is 0 Å². The third kappa shape index (κ3) is 4.72. The van der Waals surface area contributed by atoms with Crippen molar-refractivity contribution in [2.75, 3.05) is 25.0 Å². The van der Waals surface area contributed by atoms with E-state index >= 15 is 0 Å². The van der Waals surface area contributed by atoms with Gasteiger partial charge in [0.05, 0.1) is 29.1 Å². The number of nitrogens with one attached hydrogen (secondary N) is 1. The summed E-state index contributed by atoms with van der Waals surface area (Å²) >= 11 is 0. The van der Waals surface area contributed by atoms with E-state index in [0.717, 1.165) is 11.1 Å². The van der Waals surface area contributed by atoms with E-state index in [4.69, 9.17) is 4.74 Å². The quantitative estimate of drug-likeness (QED) is 0.223. The first-order chi connectivity index (χ1) is 14.0. The number of benzene rings is 1. The Hall–Kier alpha value is -3.82. The van der Waals surface area contributed by atoms with Crippen molar-refractivity contribution in [3.05, 3.63) is 63.8 Å². The molecule has 1 aromatic heterocycles. The number of hydrogen-bond donors (Lipinski definition) is 1. The van der Waals surface area contributed by atoms with Crippen molar-refractivity contribution in [2.45, 2.75) is 12.8 Å². The van der Waals surface area contributed by atoms with Crippen LogP contribution in [0.3, 0.4) is 0 Å². The Kier molecular flexibility index (Phi) is 6.12. The summed E-state index contributed by atoms with van der Waals surface area (Å²) in [4.78, 5) is 51.3. The third-order valence-electron chi connectivity index (χ3n) is 4.27. The Bertz CT molecular complexity index is 909. The third-order valence-corrected chi connectivity index (χ3v) is 4.27. The molecule has 0 spiro atoms. The number of amides is 2. The molecule has 0 bridgehead atoms. The van der Waals surface area contributed by atoms with Gasteiger partial charge in [-0.1, -0.05) is 12.1 Å². The summed E-state index contributed by atoms with van der Waals surface area (Å²) in [6, 6.07) is 9.37. The summed E-state index contributed by atoms with van der Waals surface area (Å²) in [7, 11) is 0. The summed E-state index contributed by atoms with van der Waals surface area (Å²) in [5, 5.41) is 13.5. The molecule has 1 aliphatic rings. The molecule has 2 aromatic rings. The number of carbonyl (C=O) groups excluding carboxylic acids is 3. The number of aromatic nitrogens is 1. The molecular formula is C19H18N4O6. The lowest BCUT2D eigenvalue weighted by Gasteiger charge is -2.13. The highest BCUT2D eigenvalue weighted by Gasteiger charge is 2.35. The van der Waals surface area contributed by atoms with Gasteiger partial charge in [0.25, 0.3) is 17.5 Å². The molecule has 3 rings (SSSR count). The van der Waals surface area contributed by atoms with Gasteiger partial charge < -0.3 is 10.1 Å². The molecule has 0 atom stereocenters. The van der Waals surface area contributed by atoms with E-state index in [-0.39, 0.29) is 25.3 Å². The first-order valence-corrected chi connectivity index (χ1v) is 8.92. The number of nitro groups is 1. The molecule has 0 unspecified atom stereocenters. The monoisotopic (exact) mass is 398 g/mol. The number of pyridine rings is 1. The lowest BCUT2D eigenvalue weighted by Crippen LogP contribution is -2.32. The molecule has 1 aromatic carbocycles. The maximum atomic E-state index is 12.2. The van der Waals surface area contributed by atoms with Crippen molar-refractivity contribution < 1.29 is 24.0 Å². The number of anilines is 1. The molecule has 2 amide bonds. The predicted molar refractivity (Wildman–Crippen MR) is 101 cm³/mol. The van der Waals surface area contributed by atoms with Crippen molar-refractivity contribution in [1.82, 2.24) is 9.88 Å². The Labute approximate surface area is 165 Å². The van der Waals surface area contributed by atoms with Crippen molar-refractivity contribution >= 4 is 29.3 Å². The number of ether oxygens (including phenoxy) is 1. The van der Waals surface area contributed by atoms with Gasteiger partial charge in [0.2, 0.25) is 0 Å². The topological polar surface area (TPSA) is 132 Å². The SMILES string of the molecule is O=C(CCN1C(=O)c2ccccc2C1=O)OCCCNc1ccc([N+](=O)[O-])cn1. The van der Waals surface area contributed by atoms with Gasteiger partial charge in [-0.25, -0.2) is 4.98 Å².